The maximum Gasteiger partial charge on any atom is 0.275 e. The van der Waals surface area contributed by atoms with Crippen molar-refractivity contribution in [3.05, 3.63) is 46.2 Å². The van der Waals surface area contributed by atoms with Gasteiger partial charge in [0.05, 0.1) is 0 Å². The Hall–Kier alpha value is -1.95. The molecule has 0 aliphatic carbocycles. The molecular weight excluding hydrogens is 296 g/mol. The van der Waals surface area contributed by atoms with Crippen LogP contribution in [0.4, 0.5) is 11.6 Å². The molecule has 2 rings (SSSR count). The summed E-state index contributed by atoms with van der Waals surface area (Å²) in [4.78, 5) is 20.0. The molecule has 6 heteroatoms. The second-order valence-electron chi connectivity index (χ2n) is 3.72. The molecule has 18 heavy (non-hydrogen) atoms. The zero-order chi connectivity index (χ0) is 13.1. The molecule has 2 aromatic rings. The quantitative estimate of drug-likeness (QED) is 0.892. The number of nitrogens with two attached hydrogens (primary N) is 1. The number of nitrogens with one attached hydrogen (secondary N) is 1. The number of rotatable bonds is 2. The highest BCUT2D eigenvalue weighted by Crippen LogP contribution is 2.17. The number of carbonyl (C=O) groups excluding carboxylic acids is 1. The molecule has 0 atom stereocenters. The minimum Gasteiger partial charge on any atom is -0.384 e. The number of hydrogen-bond acceptors (Lipinski definition) is 4. The van der Waals surface area contributed by atoms with Gasteiger partial charge >= 0.3 is 0 Å². The highest BCUT2D eigenvalue weighted by atomic mass is 79.9. The molecule has 0 aliphatic heterocycles. The van der Waals surface area contributed by atoms with E-state index in [0.717, 1.165) is 10.0 Å². The lowest BCUT2D eigenvalue weighted by atomic mass is 10.2. The molecule has 92 valence electrons. The Labute approximate surface area is 113 Å². The van der Waals surface area contributed by atoms with Crippen molar-refractivity contribution in [3.63, 3.8) is 0 Å². The summed E-state index contributed by atoms with van der Waals surface area (Å²) >= 11 is 3.31. The van der Waals surface area contributed by atoms with E-state index in [1.807, 2.05) is 13.0 Å². The van der Waals surface area contributed by atoms with Gasteiger partial charge in [-0.15, -0.1) is 0 Å². The van der Waals surface area contributed by atoms with Gasteiger partial charge in [0.25, 0.3) is 5.91 Å². The molecule has 0 saturated heterocycles. The fourth-order valence-corrected chi connectivity index (χ4v) is 1.87. The zero-order valence-corrected chi connectivity index (χ0v) is 11.2. The lowest BCUT2D eigenvalue weighted by Crippen LogP contribution is -2.15. The van der Waals surface area contributed by atoms with Gasteiger partial charge < -0.3 is 11.1 Å². The first-order valence-corrected chi connectivity index (χ1v) is 6.01. The van der Waals surface area contributed by atoms with E-state index >= 15 is 0 Å². The van der Waals surface area contributed by atoms with Crippen LogP contribution in [0.15, 0.2) is 34.9 Å². The van der Waals surface area contributed by atoms with Gasteiger partial charge in [-0.25, -0.2) is 9.97 Å². The topological polar surface area (TPSA) is 80.9 Å². The number of aryl methyl sites for hydroxylation is 1. The SMILES string of the molecule is Cc1cc(Br)cnc1NC(=O)c1cccc(N)n1. The first-order chi connectivity index (χ1) is 8.56. The summed E-state index contributed by atoms with van der Waals surface area (Å²) in [6, 6.07) is 6.77. The van der Waals surface area contributed by atoms with E-state index in [9.17, 15) is 4.79 Å². The van der Waals surface area contributed by atoms with Crippen LogP contribution in [0.1, 0.15) is 16.1 Å². The first kappa shape index (κ1) is 12.5. The third kappa shape index (κ3) is 2.84. The second-order valence-corrected chi connectivity index (χ2v) is 4.64. The zero-order valence-electron chi connectivity index (χ0n) is 9.64. The molecule has 3 N–H and O–H groups in total. The monoisotopic (exact) mass is 306 g/mol. The Kier molecular flexibility index (Phi) is 3.57. The van der Waals surface area contributed by atoms with Gasteiger partial charge in [-0.05, 0) is 46.6 Å². The number of nitrogens with zero attached hydrogens (tertiary/aromatic N) is 2. The molecule has 0 aliphatic rings. The van der Waals surface area contributed by atoms with E-state index in [-0.39, 0.29) is 11.6 Å². The summed E-state index contributed by atoms with van der Waals surface area (Å²) in [7, 11) is 0. The van der Waals surface area contributed by atoms with Gasteiger partial charge in [0.15, 0.2) is 0 Å². The van der Waals surface area contributed by atoms with Crippen molar-refractivity contribution in [2.75, 3.05) is 11.1 Å². The fraction of sp³-hybridized carbons (Fsp3) is 0.0833. The molecule has 0 unspecified atom stereocenters. The van der Waals surface area contributed by atoms with Gasteiger partial charge in [0, 0.05) is 10.7 Å². The Bertz CT molecular complexity index is 600. The molecule has 1 amide bonds. The Balaban J connectivity index is 2.21. The third-order valence-electron chi connectivity index (χ3n) is 2.28. The number of aromatic nitrogens is 2. The summed E-state index contributed by atoms with van der Waals surface area (Å²) in [6.07, 6.45) is 1.62. The van der Waals surface area contributed by atoms with Crippen molar-refractivity contribution < 1.29 is 4.79 Å². The van der Waals surface area contributed by atoms with Crippen LogP contribution in [-0.4, -0.2) is 15.9 Å². The largest absolute Gasteiger partial charge is 0.384 e. The van der Waals surface area contributed by atoms with Crippen molar-refractivity contribution in [2.45, 2.75) is 6.92 Å². The molecular formula is C12H11BrN4O. The molecule has 0 spiro atoms. The van der Waals surface area contributed by atoms with Crippen molar-refractivity contribution in [1.29, 1.82) is 0 Å². The first-order valence-electron chi connectivity index (χ1n) is 5.22. The average Bonchev–Trinajstić information content (AvgIpc) is 2.32. The van der Waals surface area contributed by atoms with Gasteiger partial charge in [-0.1, -0.05) is 6.07 Å². The van der Waals surface area contributed by atoms with Crippen LogP contribution >= 0.6 is 15.9 Å². The van der Waals surface area contributed by atoms with Crippen LogP contribution in [0.5, 0.6) is 0 Å². The number of nitrogen functional groups attached to an aromatic ring is 1. The summed E-state index contributed by atoms with van der Waals surface area (Å²) in [5, 5.41) is 2.69. The number of carbonyl (C=O) groups is 1. The molecule has 0 radical (unpaired) electrons. The Morgan fingerprint density at radius 2 is 2.22 bits per heavy atom. The second kappa shape index (κ2) is 5.14. The normalized spacial score (nSPS) is 10.1. The van der Waals surface area contributed by atoms with Gasteiger partial charge in [-0.3, -0.25) is 4.79 Å². The smallest absolute Gasteiger partial charge is 0.275 e. The molecule has 0 bridgehead atoms. The summed E-state index contributed by atoms with van der Waals surface area (Å²) < 4.78 is 0.861. The van der Waals surface area contributed by atoms with Crippen molar-refractivity contribution in [2.24, 2.45) is 0 Å². The van der Waals surface area contributed by atoms with Gasteiger partial charge in [0.1, 0.15) is 17.3 Å². The Morgan fingerprint density at radius 3 is 2.89 bits per heavy atom. The maximum atomic E-state index is 11.9. The highest BCUT2D eigenvalue weighted by molar-refractivity contribution is 9.10. The predicted molar refractivity (Wildman–Crippen MR) is 73.3 cm³/mol. The van der Waals surface area contributed by atoms with Gasteiger partial charge in [0.2, 0.25) is 0 Å². The average molecular weight is 307 g/mol. The van der Waals surface area contributed by atoms with Crippen molar-refractivity contribution in [3.8, 4) is 0 Å². The lowest BCUT2D eigenvalue weighted by Gasteiger charge is -2.07. The molecule has 2 heterocycles. The summed E-state index contributed by atoms with van der Waals surface area (Å²) in [5.74, 6) is 0.482. The molecule has 0 fully saturated rings. The number of halogens is 1. The predicted octanol–water partition coefficient (Wildman–Crippen LogP) is 2.38. The van der Waals surface area contributed by atoms with Crippen molar-refractivity contribution in [1.82, 2.24) is 9.97 Å². The van der Waals surface area contributed by atoms with E-state index in [2.05, 4.69) is 31.2 Å². The Morgan fingerprint density at radius 1 is 1.44 bits per heavy atom. The number of pyridine rings is 2. The maximum absolute atomic E-state index is 11.9. The van der Waals surface area contributed by atoms with Crippen LogP contribution < -0.4 is 11.1 Å². The van der Waals surface area contributed by atoms with E-state index in [1.54, 1.807) is 24.4 Å². The van der Waals surface area contributed by atoms with Gasteiger partial charge in [-0.2, -0.15) is 0 Å². The number of anilines is 2. The molecule has 5 nitrogen and oxygen atoms in total. The number of hydrogen-bond donors (Lipinski definition) is 2. The fourth-order valence-electron chi connectivity index (χ4n) is 1.42. The molecule has 0 saturated carbocycles. The van der Waals surface area contributed by atoms with Crippen LogP contribution in [0.3, 0.4) is 0 Å². The number of amides is 1. The lowest BCUT2D eigenvalue weighted by molar-refractivity contribution is 0.102. The van der Waals surface area contributed by atoms with Crippen LogP contribution in [0, 0.1) is 6.92 Å². The van der Waals surface area contributed by atoms with E-state index in [0.29, 0.717) is 11.6 Å². The van der Waals surface area contributed by atoms with Crippen molar-refractivity contribution >= 4 is 33.5 Å². The van der Waals surface area contributed by atoms with E-state index in [1.165, 1.54) is 0 Å². The standard InChI is InChI=1S/C12H11BrN4O/c1-7-5-8(13)6-15-11(7)17-12(18)9-3-2-4-10(14)16-9/h2-6H,1H3,(H2,14,16)(H,15,17,18). The minimum absolute atomic E-state index is 0.263. The summed E-state index contributed by atoms with van der Waals surface area (Å²) in [6.45, 7) is 1.86. The third-order valence-corrected chi connectivity index (χ3v) is 2.71. The van der Waals surface area contributed by atoms with Crippen LogP contribution in [-0.2, 0) is 0 Å². The van der Waals surface area contributed by atoms with Crippen LogP contribution in [0.25, 0.3) is 0 Å². The molecule has 0 aromatic carbocycles. The van der Waals surface area contributed by atoms with E-state index in [4.69, 9.17) is 5.73 Å². The van der Waals surface area contributed by atoms with E-state index < -0.39 is 0 Å². The molecule has 2 aromatic heterocycles. The minimum atomic E-state index is -0.333. The summed E-state index contributed by atoms with van der Waals surface area (Å²) in [5.41, 5.74) is 6.65. The highest BCUT2D eigenvalue weighted by Gasteiger charge is 2.10. The van der Waals surface area contributed by atoms with Crippen LogP contribution in [0.2, 0.25) is 0 Å².